The van der Waals surface area contributed by atoms with Crippen LogP contribution in [0, 0.1) is 0 Å². The average Bonchev–Trinajstić information content (AvgIpc) is 3.37. The van der Waals surface area contributed by atoms with Crippen LogP contribution in [0.15, 0.2) is 53.1 Å². The number of hydrogen-bond acceptors (Lipinski definition) is 7. The summed E-state index contributed by atoms with van der Waals surface area (Å²) < 4.78 is 10.0. The number of benzene rings is 1. The summed E-state index contributed by atoms with van der Waals surface area (Å²) in [5.41, 5.74) is 1.18. The number of furan rings is 1. The van der Waals surface area contributed by atoms with Gasteiger partial charge in [-0.05, 0) is 31.8 Å². The van der Waals surface area contributed by atoms with Gasteiger partial charge in [0.2, 0.25) is 11.0 Å². The maximum absolute atomic E-state index is 12.2. The first-order chi connectivity index (χ1) is 14.1. The van der Waals surface area contributed by atoms with Gasteiger partial charge >= 0.3 is 0 Å². The summed E-state index contributed by atoms with van der Waals surface area (Å²) in [5.74, 6) is 1.65. The van der Waals surface area contributed by atoms with Crippen LogP contribution in [-0.2, 0) is 17.8 Å². The van der Waals surface area contributed by atoms with Crippen LogP contribution < -0.4 is 10.2 Å². The van der Waals surface area contributed by atoms with Crippen LogP contribution in [-0.4, -0.2) is 53.9 Å². The number of aromatic nitrogens is 2. The van der Waals surface area contributed by atoms with Crippen LogP contribution >= 0.6 is 11.5 Å². The van der Waals surface area contributed by atoms with E-state index in [2.05, 4.69) is 26.7 Å². The second-order valence-electron chi connectivity index (χ2n) is 7.06. The Morgan fingerprint density at radius 2 is 1.97 bits per heavy atom. The summed E-state index contributed by atoms with van der Waals surface area (Å²) in [6.07, 6.45) is 2.74. The first-order valence-corrected chi connectivity index (χ1v) is 10.4. The molecule has 1 N–H and O–H groups in total. The summed E-state index contributed by atoms with van der Waals surface area (Å²) in [7, 11) is 3.97. The van der Waals surface area contributed by atoms with Crippen LogP contribution in [0.3, 0.4) is 0 Å². The fourth-order valence-electron chi connectivity index (χ4n) is 2.80. The predicted octanol–water partition coefficient (Wildman–Crippen LogP) is 2.80. The number of nitrogens with zero attached hydrogens (tertiary/aromatic N) is 4. The second-order valence-corrected chi connectivity index (χ2v) is 7.79. The van der Waals surface area contributed by atoms with E-state index >= 15 is 0 Å². The van der Waals surface area contributed by atoms with E-state index < -0.39 is 0 Å². The Bertz CT molecular complexity index is 864. The Balaban J connectivity index is 1.62. The third-order valence-corrected chi connectivity index (χ3v) is 5.16. The maximum atomic E-state index is 12.2. The Hall–Kier alpha value is -2.71. The van der Waals surface area contributed by atoms with Gasteiger partial charge in [-0.15, -0.1) is 0 Å². The van der Waals surface area contributed by atoms with Gasteiger partial charge in [-0.2, -0.15) is 4.37 Å². The van der Waals surface area contributed by atoms with E-state index in [0.717, 1.165) is 23.3 Å². The molecule has 0 aliphatic heterocycles. The number of hydrogen-bond donors (Lipinski definition) is 1. The van der Waals surface area contributed by atoms with E-state index in [4.69, 9.17) is 9.40 Å². The van der Waals surface area contributed by atoms with Gasteiger partial charge in [0, 0.05) is 44.0 Å². The summed E-state index contributed by atoms with van der Waals surface area (Å²) in [4.78, 5) is 21.0. The summed E-state index contributed by atoms with van der Waals surface area (Å²) in [6, 6.07) is 14.0. The van der Waals surface area contributed by atoms with Gasteiger partial charge < -0.3 is 19.5 Å². The van der Waals surface area contributed by atoms with Crippen molar-refractivity contribution in [3.8, 4) is 0 Å². The fraction of sp³-hybridized carbons (Fsp3) is 0.381. The number of carbonyl (C=O) groups is 1. The third-order valence-electron chi connectivity index (χ3n) is 4.35. The van der Waals surface area contributed by atoms with Crippen molar-refractivity contribution in [2.75, 3.05) is 38.6 Å². The Morgan fingerprint density at radius 3 is 2.69 bits per heavy atom. The number of likely N-dealkylation sites (N-methyl/N-ethyl adjacent to an activating group) is 1. The minimum Gasteiger partial charge on any atom is -0.467 e. The monoisotopic (exact) mass is 413 g/mol. The number of anilines is 1. The molecule has 1 amide bonds. The molecule has 0 atom stereocenters. The standard InChI is InChI=1S/C21H27N5O2S/c1-25(2)13-11-22-20(27)10-12-26(16-18-9-6-14-28-18)21-23-19(24-29-21)15-17-7-4-3-5-8-17/h3-9,14H,10-13,15-16H2,1-2H3,(H,22,27). The first-order valence-electron chi connectivity index (χ1n) is 9.65. The second kappa shape index (κ2) is 10.7. The lowest BCUT2D eigenvalue weighted by atomic mass is 10.1. The van der Waals surface area contributed by atoms with Gasteiger partial charge in [0.25, 0.3) is 0 Å². The van der Waals surface area contributed by atoms with E-state index in [1.165, 1.54) is 17.1 Å². The third kappa shape index (κ3) is 6.99. The van der Waals surface area contributed by atoms with Crippen LogP contribution in [0.2, 0.25) is 0 Å². The summed E-state index contributed by atoms with van der Waals surface area (Å²) in [5, 5.41) is 3.75. The fourth-order valence-corrected chi connectivity index (χ4v) is 3.51. The summed E-state index contributed by atoms with van der Waals surface area (Å²) in [6.45, 7) is 2.57. The highest BCUT2D eigenvalue weighted by Crippen LogP contribution is 2.21. The maximum Gasteiger partial charge on any atom is 0.221 e. The molecule has 29 heavy (non-hydrogen) atoms. The van der Waals surface area contributed by atoms with Gasteiger partial charge in [0.15, 0.2) is 0 Å². The molecule has 0 bridgehead atoms. The minimum atomic E-state index is 0.0327. The number of amides is 1. The molecule has 0 aliphatic carbocycles. The van der Waals surface area contributed by atoms with Crippen molar-refractivity contribution >= 4 is 22.6 Å². The molecule has 3 rings (SSSR count). The zero-order chi connectivity index (χ0) is 20.5. The van der Waals surface area contributed by atoms with E-state index in [0.29, 0.717) is 32.5 Å². The Morgan fingerprint density at radius 1 is 1.14 bits per heavy atom. The Labute approximate surface area is 175 Å². The SMILES string of the molecule is CN(C)CCNC(=O)CCN(Cc1ccco1)c1nc(Cc2ccccc2)ns1. The van der Waals surface area contributed by atoms with Crippen LogP contribution in [0.5, 0.6) is 0 Å². The first kappa shape index (κ1) is 21.0. The topological polar surface area (TPSA) is 74.5 Å². The summed E-state index contributed by atoms with van der Waals surface area (Å²) >= 11 is 1.36. The van der Waals surface area contributed by atoms with Crippen LogP contribution in [0.4, 0.5) is 5.13 Å². The van der Waals surface area contributed by atoms with E-state index in [-0.39, 0.29) is 5.91 Å². The minimum absolute atomic E-state index is 0.0327. The molecule has 1 aromatic carbocycles. The molecule has 0 saturated carbocycles. The largest absolute Gasteiger partial charge is 0.467 e. The average molecular weight is 414 g/mol. The smallest absolute Gasteiger partial charge is 0.221 e. The molecule has 0 spiro atoms. The molecule has 2 aromatic heterocycles. The normalized spacial score (nSPS) is 11.0. The number of rotatable bonds is 11. The van der Waals surface area contributed by atoms with Gasteiger partial charge in [0.05, 0.1) is 12.8 Å². The highest BCUT2D eigenvalue weighted by molar-refractivity contribution is 7.09. The van der Waals surface area contributed by atoms with Crippen molar-refractivity contribution in [1.82, 2.24) is 19.6 Å². The highest BCUT2D eigenvalue weighted by atomic mass is 32.1. The van der Waals surface area contributed by atoms with Crippen LogP contribution in [0.1, 0.15) is 23.6 Å². The zero-order valence-electron chi connectivity index (χ0n) is 16.9. The molecule has 154 valence electrons. The van der Waals surface area contributed by atoms with Crippen LogP contribution in [0.25, 0.3) is 0 Å². The van der Waals surface area contributed by atoms with Crippen molar-refractivity contribution in [2.45, 2.75) is 19.4 Å². The van der Waals surface area contributed by atoms with E-state index in [1.54, 1.807) is 6.26 Å². The Kier molecular flexibility index (Phi) is 7.77. The zero-order valence-corrected chi connectivity index (χ0v) is 17.7. The lowest BCUT2D eigenvalue weighted by molar-refractivity contribution is -0.120. The molecular formula is C21H27N5O2S. The lowest BCUT2D eigenvalue weighted by Crippen LogP contribution is -2.34. The highest BCUT2D eigenvalue weighted by Gasteiger charge is 2.16. The van der Waals surface area contributed by atoms with Crippen molar-refractivity contribution in [3.05, 3.63) is 65.9 Å². The van der Waals surface area contributed by atoms with Crippen molar-refractivity contribution in [3.63, 3.8) is 0 Å². The van der Waals surface area contributed by atoms with E-state index in [1.807, 2.05) is 49.3 Å². The predicted molar refractivity (Wildman–Crippen MR) is 115 cm³/mol. The molecule has 2 heterocycles. The molecule has 0 unspecified atom stereocenters. The molecule has 0 aliphatic rings. The number of nitrogens with one attached hydrogen (secondary N) is 1. The molecule has 3 aromatic rings. The molecule has 7 nitrogen and oxygen atoms in total. The molecule has 8 heteroatoms. The molecule has 0 radical (unpaired) electrons. The van der Waals surface area contributed by atoms with E-state index in [9.17, 15) is 4.79 Å². The molecule has 0 saturated heterocycles. The van der Waals surface area contributed by atoms with Gasteiger partial charge in [-0.1, -0.05) is 30.3 Å². The number of carbonyl (C=O) groups excluding carboxylic acids is 1. The van der Waals surface area contributed by atoms with Crippen molar-refractivity contribution < 1.29 is 9.21 Å². The quantitative estimate of drug-likeness (QED) is 0.521. The van der Waals surface area contributed by atoms with Gasteiger partial charge in [0.1, 0.15) is 11.6 Å². The molecule has 0 fully saturated rings. The molecular weight excluding hydrogens is 386 g/mol. The lowest BCUT2D eigenvalue weighted by Gasteiger charge is -2.20. The van der Waals surface area contributed by atoms with Crippen molar-refractivity contribution in [2.24, 2.45) is 0 Å². The van der Waals surface area contributed by atoms with Gasteiger partial charge in [-0.25, -0.2) is 4.98 Å². The van der Waals surface area contributed by atoms with Gasteiger partial charge in [-0.3, -0.25) is 4.79 Å². The van der Waals surface area contributed by atoms with Crippen molar-refractivity contribution in [1.29, 1.82) is 0 Å².